The van der Waals surface area contributed by atoms with E-state index in [-0.39, 0.29) is 12.0 Å². The third-order valence-corrected chi connectivity index (χ3v) is 1.81. The van der Waals surface area contributed by atoms with E-state index in [0.717, 1.165) is 0 Å². The van der Waals surface area contributed by atoms with Crippen LogP contribution in [0.4, 0.5) is 0 Å². The molecule has 0 N–H and O–H groups in total. The minimum Gasteiger partial charge on any atom is -0.467 e. The molecule has 5 nitrogen and oxygen atoms in total. The number of hydrogen-bond acceptors (Lipinski definition) is 5. The van der Waals surface area contributed by atoms with Crippen LogP contribution in [0.25, 0.3) is 0 Å². The zero-order valence-electron chi connectivity index (χ0n) is 6.81. The van der Waals surface area contributed by atoms with Crippen LogP contribution in [0.3, 0.4) is 0 Å². The molecule has 2 atom stereocenters. The second-order valence-electron chi connectivity index (χ2n) is 2.49. The topological polar surface area (TPSA) is 54.3 Å². The number of methoxy groups -OCH3 is 1. The normalized spacial score (nSPS) is 29.2. The first-order valence-electron chi connectivity index (χ1n) is 3.38. The van der Waals surface area contributed by atoms with Crippen molar-refractivity contribution < 1.29 is 9.53 Å². The first-order valence-corrected chi connectivity index (χ1v) is 3.38. The predicted molar refractivity (Wildman–Crippen MR) is 37.9 cm³/mol. The molecule has 0 aromatic rings. The smallest absolute Gasteiger partial charge is 0.334 e. The SMILES string of the molecule is COC(=O)C1N=NN(C)C1C. The zero-order chi connectivity index (χ0) is 8.43. The molecule has 5 heteroatoms. The number of hydrogen-bond donors (Lipinski definition) is 0. The van der Waals surface area contributed by atoms with Gasteiger partial charge in [-0.15, -0.1) is 0 Å². The van der Waals surface area contributed by atoms with Gasteiger partial charge in [0.15, 0.2) is 6.04 Å². The Labute approximate surface area is 65.0 Å². The van der Waals surface area contributed by atoms with E-state index in [1.807, 2.05) is 6.92 Å². The summed E-state index contributed by atoms with van der Waals surface area (Å²) in [7, 11) is 3.12. The molecule has 0 fully saturated rings. The highest BCUT2D eigenvalue weighted by Crippen LogP contribution is 2.15. The summed E-state index contributed by atoms with van der Waals surface area (Å²) < 4.78 is 4.53. The second-order valence-corrected chi connectivity index (χ2v) is 2.49. The van der Waals surface area contributed by atoms with Crippen molar-refractivity contribution in [3.05, 3.63) is 0 Å². The van der Waals surface area contributed by atoms with Gasteiger partial charge in [0.25, 0.3) is 0 Å². The maximum atomic E-state index is 11.0. The first kappa shape index (κ1) is 7.97. The molecule has 0 amide bonds. The van der Waals surface area contributed by atoms with Crippen LogP contribution in [0.1, 0.15) is 6.92 Å². The van der Waals surface area contributed by atoms with Crippen LogP contribution < -0.4 is 0 Å². The van der Waals surface area contributed by atoms with E-state index >= 15 is 0 Å². The first-order chi connectivity index (χ1) is 5.16. The van der Waals surface area contributed by atoms with Gasteiger partial charge < -0.3 is 4.74 Å². The summed E-state index contributed by atoms with van der Waals surface area (Å²) in [4.78, 5) is 11.0. The lowest BCUT2D eigenvalue weighted by Crippen LogP contribution is -2.35. The van der Waals surface area contributed by atoms with Crippen LogP contribution in [0.5, 0.6) is 0 Å². The number of carbonyl (C=O) groups excluding carboxylic acids is 1. The summed E-state index contributed by atoms with van der Waals surface area (Å²) >= 11 is 0. The van der Waals surface area contributed by atoms with Crippen molar-refractivity contribution in [1.29, 1.82) is 0 Å². The van der Waals surface area contributed by atoms with Gasteiger partial charge in [-0.2, -0.15) is 5.11 Å². The van der Waals surface area contributed by atoms with Gasteiger partial charge in [0, 0.05) is 7.05 Å². The van der Waals surface area contributed by atoms with E-state index < -0.39 is 6.04 Å². The second kappa shape index (κ2) is 2.86. The molecule has 0 aliphatic carbocycles. The van der Waals surface area contributed by atoms with E-state index in [2.05, 4.69) is 15.1 Å². The van der Waals surface area contributed by atoms with Crippen molar-refractivity contribution in [3.63, 3.8) is 0 Å². The lowest BCUT2D eigenvalue weighted by molar-refractivity contribution is -0.142. The Morgan fingerprint density at radius 1 is 1.64 bits per heavy atom. The van der Waals surface area contributed by atoms with Gasteiger partial charge in [-0.1, -0.05) is 5.22 Å². The lowest BCUT2D eigenvalue weighted by Gasteiger charge is -2.15. The molecule has 0 saturated heterocycles. The summed E-state index contributed by atoms with van der Waals surface area (Å²) in [6.45, 7) is 1.88. The van der Waals surface area contributed by atoms with Crippen LogP contribution in [0.15, 0.2) is 10.3 Å². The quantitative estimate of drug-likeness (QED) is 0.512. The van der Waals surface area contributed by atoms with Gasteiger partial charge in [0.1, 0.15) is 0 Å². The van der Waals surface area contributed by atoms with Crippen LogP contribution in [0.2, 0.25) is 0 Å². The van der Waals surface area contributed by atoms with Gasteiger partial charge in [-0.05, 0) is 6.92 Å². The number of ether oxygens (including phenoxy) is 1. The molecule has 0 bridgehead atoms. The maximum absolute atomic E-state index is 11.0. The fourth-order valence-electron chi connectivity index (χ4n) is 0.884. The molecule has 0 aromatic heterocycles. The van der Waals surface area contributed by atoms with E-state index in [4.69, 9.17) is 0 Å². The summed E-state index contributed by atoms with van der Waals surface area (Å²) in [5.41, 5.74) is 0. The third kappa shape index (κ3) is 1.31. The van der Waals surface area contributed by atoms with Crippen LogP contribution in [-0.4, -0.2) is 37.2 Å². The van der Waals surface area contributed by atoms with Gasteiger partial charge in [0.2, 0.25) is 0 Å². The Morgan fingerprint density at radius 2 is 2.27 bits per heavy atom. The molecule has 1 aliphatic heterocycles. The van der Waals surface area contributed by atoms with Crippen molar-refractivity contribution in [2.75, 3.05) is 14.2 Å². The Bertz CT molecular complexity index is 192. The molecule has 2 unspecified atom stereocenters. The average Bonchev–Trinajstić information content (AvgIpc) is 2.32. The molecular formula is C6H11N3O2. The van der Waals surface area contributed by atoms with Gasteiger partial charge in [0.05, 0.1) is 13.2 Å². The van der Waals surface area contributed by atoms with Crippen molar-refractivity contribution >= 4 is 5.97 Å². The van der Waals surface area contributed by atoms with Crippen LogP contribution >= 0.6 is 0 Å². The van der Waals surface area contributed by atoms with Crippen molar-refractivity contribution in [3.8, 4) is 0 Å². The van der Waals surface area contributed by atoms with E-state index in [9.17, 15) is 4.79 Å². The highest BCUT2D eigenvalue weighted by atomic mass is 16.5. The average molecular weight is 157 g/mol. The molecule has 62 valence electrons. The molecule has 0 radical (unpaired) electrons. The molecule has 0 spiro atoms. The van der Waals surface area contributed by atoms with Crippen molar-refractivity contribution in [2.24, 2.45) is 10.3 Å². The van der Waals surface area contributed by atoms with Crippen molar-refractivity contribution in [1.82, 2.24) is 5.01 Å². The molecule has 11 heavy (non-hydrogen) atoms. The van der Waals surface area contributed by atoms with Crippen LogP contribution in [-0.2, 0) is 9.53 Å². The third-order valence-electron chi connectivity index (χ3n) is 1.81. The zero-order valence-corrected chi connectivity index (χ0v) is 6.81. The largest absolute Gasteiger partial charge is 0.467 e. The fourth-order valence-corrected chi connectivity index (χ4v) is 0.884. The highest BCUT2D eigenvalue weighted by molar-refractivity contribution is 5.76. The minimum absolute atomic E-state index is 0.00227. The monoisotopic (exact) mass is 157 g/mol. The number of rotatable bonds is 1. The minimum atomic E-state index is -0.454. The predicted octanol–water partition coefficient (Wildman–Crippen LogP) is 0.229. The maximum Gasteiger partial charge on any atom is 0.334 e. The fraction of sp³-hybridized carbons (Fsp3) is 0.833. The Kier molecular flexibility index (Phi) is 2.07. The summed E-state index contributed by atoms with van der Waals surface area (Å²) in [5, 5.41) is 9.11. The van der Waals surface area contributed by atoms with E-state index in [1.165, 1.54) is 7.11 Å². The molecule has 1 rings (SSSR count). The number of nitrogens with zero attached hydrogens (tertiary/aromatic N) is 3. The van der Waals surface area contributed by atoms with Crippen molar-refractivity contribution in [2.45, 2.75) is 19.0 Å². The van der Waals surface area contributed by atoms with Gasteiger partial charge >= 0.3 is 5.97 Å². The summed E-state index contributed by atoms with van der Waals surface area (Å²) in [6.07, 6.45) is 0. The van der Waals surface area contributed by atoms with Crippen LogP contribution in [0, 0.1) is 0 Å². The van der Waals surface area contributed by atoms with E-state index in [0.29, 0.717) is 0 Å². The number of esters is 1. The molecular weight excluding hydrogens is 146 g/mol. The van der Waals surface area contributed by atoms with Gasteiger partial charge in [-0.25, -0.2) is 4.79 Å². The molecule has 1 heterocycles. The highest BCUT2D eigenvalue weighted by Gasteiger charge is 2.32. The molecule has 0 aromatic carbocycles. The number of carbonyl (C=O) groups is 1. The lowest BCUT2D eigenvalue weighted by atomic mass is 10.1. The summed E-state index contributed by atoms with van der Waals surface area (Å²) in [5.74, 6) is -0.328. The number of likely N-dealkylation sites (N-methyl/N-ethyl adjacent to an activating group) is 1. The molecule has 1 aliphatic rings. The van der Waals surface area contributed by atoms with E-state index in [1.54, 1.807) is 12.1 Å². The Balaban J connectivity index is 2.62. The Hall–Kier alpha value is -1.13. The summed E-state index contributed by atoms with van der Waals surface area (Å²) in [6, 6.07) is -0.451. The van der Waals surface area contributed by atoms with Gasteiger partial charge in [-0.3, -0.25) is 5.01 Å². The molecule has 0 saturated carbocycles. The Morgan fingerprint density at radius 3 is 2.64 bits per heavy atom. The standard InChI is InChI=1S/C6H11N3O2/c1-4-5(6(10)11-3)7-8-9(4)2/h4-5H,1-3H3.